The zero-order valence-corrected chi connectivity index (χ0v) is 20.3. The van der Waals surface area contributed by atoms with Gasteiger partial charge in [-0.2, -0.15) is 4.31 Å². The number of sulfonamides is 1. The van der Waals surface area contributed by atoms with Gasteiger partial charge in [0, 0.05) is 44.8 Å². The number of nitrogens with one attached hydrogen (secondary N) is 1. The minimum Gasteiger partial charge on any atom is -0.367 e. The van der Waals surface area contributed by atoms with Gasteiger partial charge in [0.1, 0.15) is 0 Å². The average Bonchev–Trinajstić information content (AvgIpc) is 2.79. The van der Waals surface area contributed by atoms with E-state index < -0.39 is 10.0 Å². The number of aryl methyl sites for hydroxylation is 1. The summed E-state index contributed by atoms with van der Waals surface area (Å²) >= 11 is 0. The first-order valence-corrected chi connectivity index (χ1v) is 12.7. The molecule has 0 spiro atoms. The van der Waals surface area contributed by atoms with Crippen LogP contribution in [0.4, 0.5) is 11.4 Å². The number of carbonyl (C=O) groups excluding carboxylic acids is 1. The summed E-state index contributed by atoms with van der Waals surface area (Å²) in [7, 11) is -3.64. The second-order valence-electron chi connectivity index (χ2n) is 8.01. The summed E-state index contributed by atoms with van der Waals surface area (Å²) in [6, 6.07) is 12.4. The van der Waals surface area contributed by atoms with E-state index in [-0.39, 0.29) is 10.8 Å². The Balaban J connectivity index is 1.98. The van der Waals surface area contributed by atoms with Crippen molar-refractivity contribution >= 4 is 27.3 Å². The highest BCUT2D eigenvalue weighted by Gasteiger charge is 2.25. The number of anilines is 2. The van der Waals surface area contributed by atoms with Crippen LogP contribution in [0.25, 0.3) is 0 Å². The van der Waals surface area contributed by atoms with E-state index in [4.69, 9.17) is 0 Å². The summed E-state index contributed by atoms with van der Waals surface area (Å²) in [5.41, 5.74) is 2.91. The molecule has 1 aliphatic heterocycles. The predicted molar refractivity (Wildman–Crippen MR) is 130 cm³/mol. The molecule has 0 bridgehead atoms. The molecular formula is C24H34N4O3S. The van der Waals surface area contributed by atoms with Gasteiger partial charge in [-0.25, -0.2) is 8.42 Å². The van der Waals surface area contributed by atoms with Crippen LogP contribution >= 0.6 is 0 Å². The zero-order valence-electron chi connectivity index (χ0n) is 19.5. The van der Waals surface area contributed by atoms with Gasteiger partial charge in [-0.1, -0.05) is 38.5 Å². The van der Waals surface area contributed by atoms with E-state index >= 15 is 0 Å². The first-order chi connectivity index (χ1) is 15.3. The molecule has 1 heterocycles. The van der Waals surface area contributed by atoms with Crippen molar-refractivity contribution < 1.29 is 13.2 Å². The van der Waals surface area contributed by atoms with Crippen molar-refractivity contribution in [1.82, 2.24) is 9.21 Å². The monoisotopic (exact) mass is 458 g/mol. The summed E-state index contributed by atoms with van der Waals surface area (Å²) in [5, 5.41) is 2.99. The van der Waals surface area contributed by atoms with E-state index in [1.165, 1.54) is 4.31 Å². The molecule has 7 nitrogen and oxygen atoms in total. The van der Waals surface area contributed by atoms with Gasteiger partial charge in [-0.05, 0) is 43.8 Å². The van der Waals surface area contributed by atoms with E-state index in [2.05, 4.69) is 22.0 Å². The molecule has 1 aliphatic rings. The van der Waals surface area contributed by atoms with Gasteiger partial charge >= 0.3 is 0 Å². The third-order valence-corrected chi connectivity index (χ3v) is 8.05. The van der Waals surface area contributed by atoms with Crippen molar-refractivity contribution in [2.45, 2.75) is 32.6 Å². The smallest absolute Gasteiger partial charge is 0.255 e. The molecule has 1 saturated heterocycles. The molecule has 1 N–H and O–H groups in total. The maximum atomic E-state index is 13.1. The lowest BCUT2D eigenvalue weighted by molar-refractivity contribution is 0.102. The number of benzene rings is 2. The van der Waals surface area contributed by atoms with Crippen LogP contribution in [0.5, 0.6) is 0 Å². The topological polar surface area (TPSA) is 73.0 Å². The van der Waals surface area contributed by atoms with Crippen LogP contribution in [0.15, 0.2) is 47.4 Å². The molecule has 0 unspecified atom stereocenters. The van der Waals surface area contributed by atoms with E-state index in [0.717, 1.165) is 44.0 Å². The van der Waals surface area contributed by atoms with E-state index in [1.54, 1.807) is 18.2 Å². The van der Waals surface area contributed by atoms with E-state index in [1.807, 2.05) is 45.0 Å². The van der Waals surface area contributed by atoms with Crippen LogP contribution in [-0.2, 0) is 10.0 Å². The van der Waals surface area contributed by atoms with Crippen molar-refractivity contribution in [3.8, 4) is 0 Å². The van der Waals surface area contributed by atoms with Crippen LogP contribution in [0.1, 0.15) is 36.7 Å². The lowest BCUT2D eigenvalue weighted by atomic mass is 10.1. The average molecular weight is 459 g/mol. The van der Waals surface area contributed by atoms with Crippen molar-refractivity contribution in [1.29, 1.82) is 0 Å². The molecule has 1 fully saturated rings. The van der Waals surface area contributed by atoms with Crippen molar-refractivity contribution in [2.24, 2.45) is 0 Å². The maximum Gasteiger partial charge on any atom is 0.255 e. The van der Waals surface area contributed by atoms with Gasteiger partial charge in [0.15, 0.2) is 0 Å². The Labute approximate surface area is 192 Å². The van der Waals surface area contributed by atoms with E-state index in [9.17, 15) is 13.2 Å². The fourth-order valence-electron chi connectivity index (χ4n) is 4.05. The van der Waals surface area contributed by atoms with Crippen LogP contribution in [0.3, 0.4) is 0 Å². The molecule has 32 heavy (non-hydrogen) atoms. The number of piperazine rings is 1. The molecule has 174 valence electrons. The molecule has 1 amide bonds. The van der Waals surface area contributed by atoms with Gasteiger partial charge in [0.05, 0.1) is 16.3 Å². The number of hydrogen-bond acceptors (Lipinski definition) is 5. The van der Waals surface area contributed by atoms with E-state index in [0.29, 0.717) is 24.3 Å². The van der Waals surface area contributed by atoms with Gasteiger partial charge in [0.25, 0.3) is 5.91 Å². The number of hydrogen-bond donors (Lipinski definition) is 1. The minimum atomic E-state index is -3.64. The van der Waals surface area contributed by atoms with Crippen LogP contribution in [0, 0.1) is 6.92 Å². The highest BCUT2D eigenvalue weighted by Crippen LogP contribution is 2.31. The molecular weight excluding hydrogens is 424 g/mol. The lowest BCUT2D eigenvalue weighted by Crippen LogP contribution is -2.46. The predicted octanol–water partition coefficient (Wildman–Crippen LogP) is 3.42. The fourth-order valence-corrected chi connectivity index (χ4v) is 5.53. The van der Waals surface area contributed by atoms with Crippen molar-refractivity contribution in [2.75, 3.05) is 56.0 Å². The van der Waals surface area contributed by atoms with Gasteiger partial charge in [-0.3, -0.25) is 4.79 Å². The third-order valence-electron chi connectivity index (χ3n) is 6.00. The molecule has 3 rings (SSSR count). The van der Waals surface area contributed by atoms with Crippen LogP contribution < -0.4 is 10.2 Å². The Kier molecular flexibility index (Phi) is 7.92. The van der Waals surface area contributed by atoms with Crippen molar-refractivity contribution in [3.63, 3.8) is 0 Å². The van der Waals surface area contributed by atoms with Crippen molar-refractivity contribution in [3.05, 3.63) is 53.6 Å². The van der Waals surface area contributed by atoms with Crippen LogP contribution in [0.2, 0.25) is 0 Å². The molecule has 2 aromatic carbocycles. The Hall–Kier alpha value is -2.42. The summed E-state index contributed by atoms with van der Waals surface area (Å²) < 4.78 is 27.6. The normalized spacial score (nSPS) is 15.2. The Morgan fingerprint density at radius 3 is 2.28 bits per heavy atom. The first-order valence-electron chi connectivity index (χ1n) is 11.3. The van der Waals surface area contributed by atoms with Gasteiger partial charge in [-0.15, -0.1) is 0 Å². The molecule has 0 radical (unpaired) electrons. The second kappa shape index (κ2) is 10.5. The number of likely N-dealkylation sites (N-methyl/N-ethyl adjacent to an activating group) is 1. The molecule has 0 aliphatic carbocycles. The third kappa shape index (κ3) is 5.31. The van der Waals surface area contributed by atoms with Gasteiger partial charge < -0.3 is 15.1 Å². The number of rotatable bonds is 8. The molecule has 0 atom stereocenters. The highest BCUT2D eigenvalue weighted by atomic mass is 32.2. The second-order valence-corrected chi connectivity index (χ2v) is 9.95. The summed E-state index contributed by atoms with van der Waals surface area (Å²) in [4.78, 5) is 17.8. The standard InChI is InChI=1S/C24H34N4O3S/c1-5-26-13-15-27(16-14-26)23-12-11-21(32(30,31)28(6-2)7-3)18-22(23)25-24(29)20-10-8-9-19(4)17-20/h8-12,17-18H,5-7,13-16H2,1-4H3,(H,25,29). The number of carbonyl (C=O) groups is 1. The number of amides is 1. The first kappa shape index (κ1) is 24.2. The molecule has 2 aromatic rings. The quantitative estimate of drug-likeness (QED) is 0.656. The molecule has 0 saturated carbocycles. The Morgan fingerprint density at radius 2 is 1.69 bits per heavy atom. The largest absolute Gasteiger partial charge is 0.367 e. The van der Waals surface area contributed by atoms with Crippen LogP contribution in [-0.4, -0.2) is 69.3 Å². The fraction of sp³-hybridized carbons (Fsp3) is 0.458. The summed E-state index contributed by atoms with van der Waals surface area (Å²) in [5.74, 6) is -0.250. The summed E-state index contributed by atoms with van der Waals surface area (Å²) in [6.07, 6.45) is 0. The molecule has 8 heteroatoms. The minimum absolute atomic E-state index is 0.191. The summed E-state index contributed by atoms with van der Waals surface area (Å²) in [6.45, 7) is 13.0. The maximum absolute atomic E-state index is 13.1. The zero-order chi connectivity index (χ0) is 23.3. The molecule has 0 aromatic heterocycles. The number of nitrogens with zero attached hydrogens (tertiary/aromatic N) is 3. The highest BCUT2D eigenvalue weighted by molar-refractivity contribution is 7.89. The Morgan fingerprint density at radius 1 is 1.00 bits per heavy atom. The SMILES string of the molecule is CCN1CCN(c2ccc(S(=O)(=O)N(CC)CC)cc2NC(=O)c2cccc(C)c2)CC1. The van der Waals surface area contributed by atoms with Gasteiger partial charge in [0.2, 0.25) is 10.0 Å². The Bertz CT molecular complexity index is 1040. The lowest BCUT2D eigenvalue weighted by Gasteiger charge is -2.36.